The molecule has 1 aromatic carbocycles. The monoisotopic (exact) mass is 367 g/mol. The van der Waals surface area contributed by atoms with E-state index in [2.05, 4.69) is 58.8 Å². The first-order valence-corrected chi connectivity index (χ1v) is 9.65. The smallest absolute Gasteiger partial charge is 0.0929 e. The molecular formula is C21H25N3OS. The molecule has 0 spiro atoms. The van der Waals surface area contributed by atoms with Crippen molar-refractivity contribution in [2.24, 2.45) is 0 Å². The lowest BCUT2D eigenvalue weighted by Gasteiger charge is -2.28. The number of β-amino-alcohol motifs (C(OH)–C–C–N with tert-alkyl or cyclic N) is 1. The van der Waals surface area contributed by atoms with E-state index in [4.69, 9.17) is 0 Å². The molecule has 26 heavy (non-hydrogen) atoms. The number of aryl methyl sites for hydroxylation is 1. The summed E-state index contributed by atoms with van der Waals surface area (Å²) in [6, 6.07) is 12.3. The van der Waals surface area contributed by atoms with Crippen LogP contribution in [0.25, 0.3) is 11.3 Å². The van der Waals surface area contributed by atoms with Crippen molar-refractivity contribution in [3.05, 3.63) is 70.3 Å². The van der Waals surface area contributed by atoms with Gasteiger partial charge in [-0.1, -0.05) is 30.3 Å². The van der Waals surface area contributed by atoms with Gasteiger partial charge in [0.2, 0.25) is 0 Å². The van der Waals surface area contributed by atoms with E-state index in [9.17, 15) is 5.11 Å². The van der Waals surface area contributed by atoms with Gasteiger partial charge in [-0.05, 0) is 38.8 Å². The first-order valence-electron chi connectivity index (χ1n) is 8.77. The average Bonchev–Trinajstić information content (AvgIpc) is 3.07. The number of thiazole rings is 1. The van der Waals surface area contributed by atoms with Crippen molar-refractivity contribution < 1.29 is 5.11 Å². The van der Waals surface area contributed by atoms with E-state index in [0.717, 1.165) is 28.2 Å². The van der Waals surface area contributed by atoms with Gasteiger partial charge in [-0.3, -0.25) is 4.98 Å². The molecular weight excluding hydrogens is 342 g/mol. The zero-order valence-corrected chi connectivity index (χ0v) is 16.3. The molecule has 0 fully saturated rings. The predicted octanol–water partition coefficient (Wildman–Crippen LogP) is 4.16. The lowest BCUT2D eigenvalue weighted by atomic mass is 9.93. The number of nitrogens with zero attached hydrogens (tertiary/aromatic N) is 2. The van der Waals surface area contributed by atoms with Crippen LogP contribution in [-0.2, 0) is 6.42 Å². The Hall–Kier alpha value is -2.08. The molecule has 4 nitrogen and oxygen atoms in total. The molecule has 136 valence electrons. The number of aliphatic hydroxyl groups excluding tert-OH is 1. The Kier molecular flexibility index (Phi) is 5.81. The number of nitrogens with one attached hydrogen (secondary N) is 1. The molecule has 2 aromatic heterocycles. The van der Waals surface area contributed by atoms with Gasteiger partial charge in [-0.15, -0.1) is 11.3 Å². The molecule has 0 amide bonds. The Labute approximate surface area is 159 Å². The number of rotatable bonds is 7. The van der Waals surface area contributed by atoms with Gasteiger partial charge >= 0.3 is 0 Å². The van der Waals surface area contributed by atoms with Crippen molar-refractivity contribution >= 4 is 11.3 Å². The van der Waals surface area contributed by atoms with E-state index in [-0.39, 0.29) is 5.54 Å². The molecule has 1 atom stereocenters. The fraction of sp³-hybridized carbons (Fsp3) is 0.333. The van der Waals surface area contributed by atoms with Crippen molar-refractivity contribution in [3.8, 4) is 11.3 Å². The lowest BCUT2D eigenvalue weighted by Crippen LogP contribution is -2.43. The van der Waals surface area contributed by atoms with E-state index in [1.54, 1.807) is 23.7 Å². The number of aromatic nitrogens is 2. The number of aliphatic hydroxyl groups is 1. The molecule has 1 unspecified atom stereocenters. The second-order valence-electron chi connectivity index (χ2n) is 7.19. The van der Waals surface area contributed by atoms with Crippen LogP contribution in [0.1, 0.15) is 36.1 Å². The van der Waals surface area contributed by atoms with Crippen molar-refractivity contribution in [1.29, 1.82) is 0 Å². The van der Waals surface area contributed by atoms with Crippen LogP contribution in [0.3, 0.4) is 0 Å². The van der Waals surface area contributed by atoms with Gasteiger partial charge in [0.1, 0.15) is 0 Å². The van der Waals surface area contributed by atoms with Crippen molar-refractivity contribution in [2.45, 2.75) is 38.8 Å². The molecule has 0 bridgehead atoms. The van der Waals surface area contributed by atoms with Crippen LogP contribution >= 0.6 is 11.3 Å². The van der Waals surface area contributed by atoms with E-state index in [1.165, 1.54) is 5.56 Å². The van der Waals surface area contributed by atoms with Crippen molar-refractivity contribution in [3.63, 3.8) is 0 Å². The Balaban J connectivity index is 1.58. The maximum absolute atomic E-state index is 10.3. The number of hydrogen-bond acceptors (Lipinski definition) is 5. The van der Waals surface area contributed by atoms with Crippen LogP contribution in [0.5, 0.6) is 0 Å². The topological polar surface area (TPSA) is 58.0 Å². The minimum atomic E-state index is -0.557. The Morgan fingerprint density at radius 1 is 1.19 bits per heavy atom. The molecule has 0 radical (unpaired) electrons. The third kappa shape index (κ3) is 4.97. The summed E-state index contributed by atoms with van der Waals surface area (Å²) in [6.45, 7) is 6.83. The van der Waals surface area contributed by atoms with Gasteiger partial charge in [0.25, 0.3) is 0 Å². The second-order valence-corrected chi connectivity index (χ2v) is 8.25. The maximum Gasteiger partial charge on any atom is 0.0929 e. The van der Waals surface area contributed by atoms with Gasteiger partial charge < -0.3 is 10.4 Å². The van der Waals surface area contributed by atoms with Gasteiger partial charge in [-0.25, -0.2) is 4.98 Å². The zero-order valence-electron chi connectivity index (χ0n) is 15.4. The third-order valence-corrected chi connectivity index (χ3v) is 5.13. The highest BCUT2D eigenvalue weighted by molar-refractivity contribution is 7.09. The molecule has 2 N–H and O–H groups in total. The van der Waals surface area contributed by atoms with Crippen LogP contribution in [0.4, 0.5) is 0 Å². The standard InChI is InChI=1S/C21H25N3OS/c1-15-24-19(14-26-15)17-8-6-16(7-9-17)11-21(2,3)23-13-20(25)18-5-4-10-22-12-18/h4-10,12,14,20,23,25H,11,13H2,1-3H3. The molecule has 0 aliphatic heterocycles. The molecule has 3 rings (SSSR count). The van der Waals surface area contributed by atoms with E-state index >= 15 is 0 Å². The molecule has 2 heterocycles. The van der Waals surface area contributed by atoms with Crippen molar-refractivity contribution in [1.82, 2.24) is 15.3 Å². The molecule has 0 saturated heterocycles. The highest BCUT2D eigenvalue weighted by atomic mass is 32.1. The highest BCUT2D eigenvalue weighted by Crippen LogP contribution is 2.23. The minimum absolute atomic E-state index is 0.123. The highest BCUT2D eigenvalue weighted by Gasteiger charge is 2.20. The summed E-state index contributed by atoms with van der Waals surface area (Å²) in [5.41, 5.74) is 4.15. The zero-order chi connectivity index (χ0) is 18.6. The first kappa shape index (κ1) is 18.7. The number of benzene rings is 1. The number of hydrogen-bond donors (Lipinski definition) is 2. The Morgan fingerprint density at radius 2 is 1.96 bits per heavy atom. The summed E-state index contributed by atoms with van der Waals surface area (Å²) in [6.07, 6.45) is 3.74. The molecule has 0 saturated carbocycles. The van der Waals surface area contributed by atoms with Crippen LogP contribution in [-0.4, -0.2) is 27.2 Å². The largest absolute Gasteiger partial charge is 0.387 e. The summed E-state index contributed by atoms with van der Waals surface area (Å²) in [5, 5.41) is 17.0. The summed E-state index contributed by atoms with van der Waals surface area (Å²) in [4.78, 5) is 8.60. The molecule has 3 aromatic rings. The summed E-state index contributed by atoms with van der Waals surface area (Å²) in [7, 11) is 0. The molecule has 5 heteroatoms. The van der Waals surface area contributed by atoms with Gasteiger partial charge in [0.15, 0.2) is 0 Å². The van der Waals surface area contributed by atoms with Gasteiger partial charge in [0, 0.05) is 41.0 Å². The fourth-order valence-corrected chi connectivity index (χ4v) is 3.55. The van der Waals surface area contributed by atoms with Crippen LogP contribution < -0.4 is 5.32 Å². The van der Waals surface area contributed by atoms with Crippen molar-refractivity contribution in [2.75, 3.05) is 6.54 Å². The predicted molar refractivity (Wildman–Crippen MR) is 107 cm³/mol. The van der Waals surface area contributed by atoms with E-state index in [1.807, 2.05) is 19.1 Å². The van der Waals surface area contributed by atoms with Crippen LogP contribution in [0.2, 0.25) is 0 Å². The van der Waals surface area contributed by atoms with Crippen LogP contribution in [0.15, 0.2) is 54.2 Å². The molecule has 0 aliphatic carbocycles. The maximum atomic E-state index is 10.3. The number of pyridine rings is 1. The third-order valence-electron chi connectivity index (χ3n) is 4.36. The van der Waals surface area contributed by atoms with Gasteiger partial charge in [-0.2, -0.15) is 0 Å². The SMILES string of the molecule is Cc1nc(-c2ccc(CC(C)(C)NCC(O)c3cccnc3)cc2)cs1. The lowest BCUT2D eigenvalue weighted by molar-refractivity contribution is 0.160. The van der Waals surface area contributed by atoms with Crippen LogP contribution in [0, 0.1) is 6.92 Å². The quantitative estimate of drug-likeness (QED) is 0.658. The first-order chi connectivity index (χ1) is 12.4. The minimum Gasteiger partial charge on any atom is -0.387 e. The van der Waals surface area contributed by atoms with Gasteiger partial charge in [0.05, 0.1) is 16.8 Å². The summed E-state index contributed by atoms with van der Waals surface area (Å²) < 4.78 is 0. The Bertz CT molecular complexity index is 828. The summed E-state index contributed by atoms with van der Waals surface area (Å²) >= 11 is 1.67. The molecule has 0 aliphatic rings. The fourth-order valence-electron chi connectivity index (χ4n) is 2.93. The summed E-state index contributed by atoms with van der Waals surface area (Å²) in [5.74, 6) is 0. The second kappa shape index (κ2) is 8.08. The normalized spacial score (nSPS) is 12.9. The Morgan fingerprint density at radius 3 is 2.58 bits per heavy atom. The van der Waals surface area contributed by atoms with E-state index in [0.29, 0.717) is 6.54 Å². The van der Waals surface area contributed by atoms with E-state index < -0.39 is 6.10 Å². The average molecular weight is 368 g/mol.